The summed E-state index contributed by atoms with van der Waals surface area (Å²) in [5.74, 6) is -2.30. The number of unbranched alkanes of at least 4 members (excludes halogenated alkanes) is 15. The molecule has 0 unspecified atom stereocenters. The largest absolute Gasteiger partial charge is 0.478 e. The first-order valence-electron chi connectivity index (χ1n) is 10.7. The normalized spacial score (nSPS) is 11.7. The maximum absolute atomic E-state index is 10.9. The Hall–Kier alpha value is -1.32. The number of aliphatic carboxylic acids is 2. The highest BCUT2D eigenvalue weighted by Gasteiger charge is 2.08. The Kier molecular flexibility index (Phi) is 17.5. The summed E-state index contributed by atoms with van der Waals surface area (Å²) in [4.78, 5) is 21.4. The van der Waals surface area contributed by atoms with E-state index in [0.717, 1.165) is 25.3 Å². The summed E-state index contributed by atoms with van der Waals surface area (Å²) in [5.41, 5.74) is 0.00265. The molecule has 0 fully saturated rings. The molecule has 0 saturated carbocycles. The molecule has 0 spiro atoms. The lowest BCUT2D eigenvalue weighted by atomic mass is 10.0. The Morgan fingerprint density at radius 1 is 0.615 bits per heavy atom. The molecular weight excluding hydrogens is 328 g/mol. The first-order chi connectivity index (χ1) is 12.6. The third-order valence-electron chi connectivity index (χ3n) is 4.87. The van der Waals surface area contributed by atoms with Crippen LogP contribution < -0.4 is 0 Å². The molecule has 0 rings (SSSR count). The van der Waals surface area contributed by atoms with E-state index in [1.807, 2.05) is 0 Å². The predicted molar refractivity (Wildman–Crippen MR) is 108 cm³/mol. The summed E-state index contributed by atoms with van der Waals surface area (Å²) < 4.78 is 0. The van der Waals surface area contributed by atoms with Crippen molar-refractivity contribution in [2.45, 2.75) is 116 Å². The molecule has 152 valence electrons. The number of rotatable bonds is 19. The maximum atomic E-state index is 10.9. The average Bonchev–Trinajstić information content (AvgIpc) is 2.59. The second-order valence-electron chi connectivity index (χ2n) is 7.37. The van der Waals surface area contributed by atoms with Crippen LogP contribution in [0.3, 0.4) is 0 Å². The predicted octanol–water partition coefficient (Wildman–Crippen LogP) is 6.73. The van der Waals surface area contributed by atoms with Crippen LogP contribution in [0.15, 0.2) is 11.6 Å². The average molecular weight is 369 g/mol. The van der Waals surface area contributed by atoms with Gasteiger partial charge in [-0.15, -0.1) is 0 Å². The highest BCUT2D eigenvalue weighted by molar-refractivity contribution is 5.94. The number of carbonyl (C=O) groups is 2. The van der Waals surface area contributed by atoms with Crippen LogP contribution in [-0.4, -0.2) is 22.2 Å². The molecule has 0 heterocycles. The topological polar surface area (TPSA) is 74.6 Å². The van der Waals surface area contributed by atoms with Crippen LogP contribution in [-0.2, 0) is 9.59 Å². The second-order valence-corrected chi connectivity index (χ2v) is 7.37. The fraction of sp³-hybridized carbons (Fsp3) is 0.818. The molecule has 0 aromatic carbocycles. The zero-order chi connectivity index (χ0) is 19.5. The van der Waals surface area contributed by atoms with E-state index in [1.54, 1.807) is 0 Å². The Bertz CT molecular complexity index is 388. The Morgan fingerprint density at radius 3 is 1.27 bits per heavy atom. The van der Waals surface area contributed by atoms with Crippen molar-refractivity contribution in [2.75, 3.05) is 0 Å². The van der Waals surface area contributed by atoms with Gasteiger partial charge in [0.1, 0.15) is 0 Å². The smallest absolute Gasteiger partial charge is 0.331 e. The highest BCUT2D eigenvalue weighted by atomic mass is 16.4. The van der Waals surface area contributed by atoms with E-state index >= 15 is 0 Å². The van der Waals surface area contributed by atoms with Crippen LogP contribution in [0.25, 0.3) is 0 Å². The zero-order valence-electron chi connectivity index (χ0n) is 16.8. The lowest BCUT2D eigenvalue weighted by Crippen LogP contribution is -2.04. The standard InChI is InChI=1S/C22H40O4/c1-2-3-4-5-6-7-8-9-10-11-12-13-14-15-16-17-18-20(22(25)26)19-21(23)24/h19H,2-18H2,1H3,(H,23,24)(H,25,26)/b20-19-. The minimum Gasteiger partial charge on any atom is -0.478 e. The first kappa shape index (κ1) is 24.7. The number of hydrogen-bond acceptors (Lipinski definition) is 2. The van der Waals surface area contributed by atoms with E-state index in [-0.39, 0.29) is 5.57 Å². The summed E-state index contributed by atoms with van der Waals surface area (Å²) >= 11 is 0. The summed E-state index contributed by atoms with van der Waals surface area (Å²) in [6, 6.07) is 0. The van der Waals surface area contributed by atoms with Gasteiger partial charge in [-0.3, -0.25) is 0 Å². The van der Waals surface area contributed by atoms with Crippen LogP contribution in [0.1, 0.15) is 116 Å². The van der Waals surface area contributed by atoms with Crippen molar-refractivity contribution in [1.29, 1.82) is 0 Å². The summed E-state index contributed by atoms with van der Waals surface area (Å²) in [6.07, 6.45) is 21.6. The lowest BCUT2D eigenvalue weighted by Gasteiger charge is -2.04. The van der Waals surface area contributed by atoms with Gasteiger partial charge >= 0.3 is 11.9 Å². The van der Waals surface area contributed by atoms with Crippen molar-refractivity contribution in [1.82, 2.24) is 0 Å². The Labute approximate surface area is 160 Å². The maximum Gasteiger partial charge on any atom is 0.331 e. The van der Waals surface area contributed by atoms with Crippen LogP contribution in [0.2, 0.25) is 0 Å². The minimum atomic E-state index is -1.18. The third kappa shape index (κ3) is 17.5. The van der Waals surface area contributed by atoms with Gasteiger partial charge in [-0.05, 0) is 12.8 Å². The zero-order valence-corrected chi connectivity index (χ0v) is 16.8. The molecule has 4 heteroatoms. The van der Waals surface area contributed by atoms with Crippen molar-refractivity contribution < 1.29 is 19.8 Å². The van der Waals surface area contributed by atoms with E-state index in [9.17, 15) is 9.59 Å². The molecular formula is C22H40O4. The molecule has 26 heavy (non-hydrogen) atoms. The molecule has 0 aliphatic carbocycles. The molecule has 0 bridgehead atoms. The Balaban J connectivity index is 3.31. The number of carboxylic acid groups (broad SMARTS) is 2. The van der Waals surface area contributed by atoms with Gasteiger partial charge < -0.3 is 10.2 Å². The quantitative estimate of drug-likeness (QED) is 0.196. The van der Waals surface area contributed by atoms with Crippen molar-refractivity contribution in [3.05, 3.63) is 11.6 Å². The van der Waals surface area contributed by atoms with Gasteiger partial charge in [-0.2, -0.15) is 0 Å². The van der Waals surface area contributed by atoms with Crippen molar-refractivity contribution in [3.63, 3.8) is 0 Å². The van der Waals surface area contributed by atoms with E-state index in [0.29, 0.717) is 6.42 Å². The molecule has 0 aromatic rings. The number of carboxylic acids is 2. The SMILES string of the molecule is CCCCCCCCCCCCCCCCCC/C(=C/C(=O)O)C(=O)O. The van der Waals surface area contributed by atoms with Gasteiger partial charge in [-0.25, -0.2) is 9.59 Å². The fourth-order valence-corrected chi connectivity index (χ4v) is 3.25. The van der Waals surface area contributed by atoms with Crippen molar-refractivity contribution >= 4 is 11.9 Å². The van der Waals surface area contributed by atoms with Crippen LogP contribution in [0.4, 0.5) is 0 Å². The lowest BCUT2D eigenvalue weighted by molar-refractivity contribution is -0.135. The van der Waals surface area contributed by atoms with Gasteiger partial charge in [0, 0.05) is 11.6 Å². The van der Waals surface area contributed by atoms with Crippen LogP contribution in [0, 0.1) is 0 Å². The number of hydrogen-bond donors (Lipinski definition) is 2. The molecule has 0 saturated heterocycles. The van der Waals surface area contributed by atoms with Crippen molar-refractivity contribution in [2.24, 2.45) is 0 Å². The summed E-state index contributed by atoms with van der Waals surface area (Å²) in [7, 11) is 0. The van der Waals surface area contributed by atoms with Crippen LogP contribution in [0.5, 0.6) is 0 Å². The second kappa shape index (κ2) is 18.5. The fourth-order valence-electron chi connectivity index (χ4n) is 3.25. The van der Waals surface area contributed by atoms with E-state index in [2.05, 4.69) is 6.92 Å². The van der Waals surface area contributed by atoms with Gasteiger partial charge in [0.2, 0.25) is 0 Å². The van der Waals surface area contributed by atoms with Crippen LogP contribution >= 0.6 is 0 Å². The van der Waals surface area contributed by atoms with Gasteiger partial charge in [0.25, 0.3) is 0 Å². The molecule has 0 radical (unpaired) electrons. The van der Waals surface area contributed by atoms with E-state index < -0.39 is 11.9 Å². The van der Waals surface area contributed by atoms with Gasteiger partial charge in [0.05, 0.1) is 0 Å². The Morgan fingerprint density at radius 2 is 0.962 bits per heavy atom. The molecule has 0 aliphatic heterocycles. The molecule has 0 atom stereocenters. The molecule has 4 nitrogen and oxygen atoms in total. The van der Waals surface area contributed by atoms with Gasteiger partial charge in [-0.1, -0.05) is 103 Å². The molecule has 0 amide bonds. The molecule has 2 N–H and O–H groups in total. The highest BCUT2D eigenvalue weighted by Crippen LogP contribution is 2.15. The summed E-state index contributed by atoms with van der Waals surface area (Å²) in [5, 5.41) is 17.5. The first-order valence-corrected chi connectivity index (χ1v) is 10.7. The van der Waals surface area contributed by atoms with E-state index in [1.165, 1.54) is 83.5 Å². The molecule has 0 aromatic heterocycles. The molecule has 0 aliphatic rings. The summed E-state index contributed by atoms with van der Waals surface area (Å²) in [6.45, 7) is 2.26. The third-order valence-corrected chi connectivity index (χ3v) is 4.87. The monoisotopic (exact) mass is 368 g/mol. The minimum absolute atomic E-state index is 0.00265. The van der Waals surface area contributed by atoms with E-state index in [4.69, 9.17) is 10.2 Å². The van der Waals surface area contributed by atoms with Crippen molar-refractivity contribution in [3.8, 4) is 0 Å². The van der Waals surface area contributed by atoms with Gasteiger partial charge in [0.15, 0.2) is 0 Å².